The summed E-state index contributed by atoms with van der Waals surface area (Å²) in [6, 6.07) is 6.67. The van der Waals surface area contributed by atoms with Gasteiger partial charge in [-0.05, 0) is 30.5 Å². The second kappa shape index (κ2) is 5.45. The van der Waals surface area contributed by atoms with Gasteiger partial charge in [-0.25, -0.2) is 4.79 Å². The number of hydrogen-bond acceptors (Lipinski definition) is 2. The van der Waals surface area contributed by atoms with Crippen LogP contribution in [0.3, 0.4) is 0 Å². The van der Waals surface area contributed by atoms with Gasteiger partial charge in [-0.3, -0.25) is 4.21 Å². The Hall–Kier alpha value is -1.16. The van der Waals surface area contributed by atoms with Crippen LogP contribution in [-0.2, 0) is 16.6 Å². The van der Waals surface area contributed by atoms with Crippen LogP contribution >= 0.6 is 0 Å². The maximum Gasteiger partial charge on any atom is 0.335 e. The van der Waals surface area contributed by atoms with Crippen LogP contribution in [0.5, 0.6) is 0 Å². The Labute approximate surface area is 103 Å². The summed E-state index contributed by atoms with van der Waals surface area (Å²) in [6.07, 6.45) is 4.52. The molecule has 1 aromatic carbocycles. The van der Waals surface area contributed by atoms with Gasteiger partial charge < -0.3 is 5.11 Å². The third-order valence-electron chi connectivity index (χ3n) is 3.18. The summed E-state index contributed by atoms with van der Waals surface area (Å²) in [5.41, 5.74) is 1.24. The van der Waals surface area contributed by atoms with Gasteiger partial charge in [0.25, 0.3) is 0 Å². The third kappa shape index (κ3) is 3.16. The number of hydrogen-bond donors (Lipinski definition) is 1. The van der Waals surface area contributed by atoms with E-state index in [1.165, 1.54) is 12.8 Å². The highest BCUT2D eigenvalue weighted by atomic mass is 32.2. The quantitative estimate of drug-likeness (QED) is 0.896. The first-order valence-electron chi connectivity index (χ1n) is 5.86. The fraction of sp³-hybridized carbons (Fsp3) is 0.462. The summed E-state index contributed by atoms with van der Waals surface area (Å²) in [7, 11) is -0.811. The fourth-order valence-electron chi connectivity index (χ4n) is 2.18. The maximum absolute atomic E-state index is 12.0. The monoisotopic (exact) mass is 252 g/mol. The van der Waals surface area contributed by atoms with Gasteiger partial charge in [0.2, 0.25) is 0 Å². The Morgan fingerprint density at radius 3 is 2.35 bits per heavy atom. The molecule has 17 heavy (non-hydrogen) atoms. The summed E-state index contributed by atoms with van der Waals surface area (Å²) in [4.78, 5) is 10.7. The normalized spacial score (nSPS) is 18.1. The van der Waals surface area contributed by atoms with Crippen molar-refractivity contribution in [1.82, 2.24) is 0 Å². The first kappa shape index (κ1) is 12.3. The average Bonchev–Trinajstić information content (AvgIpc) is 2.83. The number of carbonyl (C=O) groups is 1. The molecule has 4 heteroatoms. The van der Waals surface area contributed by atoms with E-state index in [0.717, 1.165) is 18.4 Å². The SMILES string of the molecule is O=C(O)c1ccc(CS(=O)C2CCCC2)cc1. The first-order valence-corrected chi connectivity index (χ1v) is 7.24. The molecule has 0 saturated heterocycles. The molecule has 0 aliphatic heterocycles. The van der Waals surface area contributed by atoms with E-state index in [2.05, 4.69) is 0 Å². The third-order valence-corrected chi connectivity index (χ3v) is 5.02. The molecule has 0 aromatic heterocycles. The van der Waals surface area contributed by atoms with Gasteiger partial charge >= 0.3 is 5.97 Å². The van der Waals surface area contributed by atoms with Crippen molar-refractivity contribution in [3.05, 3.63) is 35.4 Å². The molecule has 1 fully saturated rings. The van der Waals surface area contributed by atoms with Crippen molar-refractivity contribution in [3.8, 4) is 0 Å². The minimum absolute atomic E-state index is 0.278. The van der Waals surface area contributed by atoms with E-state index in [1.54, 1.807) is 24.3 Å². The molecule has 1 unspecified atom stereocenters. The molecule has 3 nitrogen and oxygen atoms in total. The predicted octanol–water partition coefficient (Wildman–Crippen LogP) is 2.58. The average molecular weight is 252 g/mol. The molecule has 1 N–H and O–H groups in total. The number of carboxylic acid groups (broad SMARTS) is 1. The predicted molar refractivity (Wildman–Crippen MR) is 67.5 cm³/mol. The molecule has 1 saturated carbocycles. The van der Waals surface area contributed by atoms with E-state index >= 15 is 0 Å². The van der Waals surface area contributed by atoms with Crippen molar-refractivity contribution in [3.63, 3.8) is 0 Å². The van der Waals surface area contributed by atoms with Crippen molar-refractivity contribution in [1.29, 1.82) is 0 Å². The lowest BCUT2D eigenvalue weighted by atomic mass is 10.1. The number of benzene rings is 1. The highest BCUT2D eigenvalue weighted by Gasteiger charge is 2.21. The summed E-state index contributed by atoms with van der Waals surface area (Å²) in [5.74, 6) is -0.377. The zero-order valence-electron chi connectivity index (χ0n) is 9.59. The molecule has 0 amide bonds. The lowest BCUT2D eigenvalue weighted by Gasteiger charge is -2.09. The van der Waals surface area contributed by atoms with Crippen LogP contribution < -0.4 is 0 Å². The van der Waals surface area contributed by atoms with Crippen LogP contribution in [-0.4, -0.2) is 20.5 Å². The lowest BCUT2D eigenvalue weighted by molar-refractivity contribution is 0.0697. The van der Waals surface area contributed by atoms with Crippen LogP contribution in [0, 0.1) is 0 Å². The van der Waals surface area contributed by atoms with E-state index in [1.807, 2.05) is 0 Å². The molecule has 1 atom stereocenters. The Morgan fingerprint density at radius 1 is 1.24 bits per heavy atom. The maximum atomic E-state index is 12.0. The molecule has 0 bridgehead atoms. The lowest BCUT2D eigenvalue weighted by Crippen LogP contribution is -2.12. The van der Waals surface area contributed by atoms with Gasteiger partial charge in [-0.1, -0.05) is 25.0 Å². The molecule has 0 spiro atoms. The van der Waals surface area contributed by atoms with Gasteiger partial charge in [0.1, 0.15) is 0 Å². The minimum Gasteiger partial charge on any atom is -0.478 e. The van der Waals surface area contributed by atoms with Crippen molar-refractivity contribution >= 4 is 16.8 Å². The van der Waals surface area contributed by atoms with Crippen LogP contribution in [0.1, 0.15) is 41.6 Å². The van der Waals surface area contributed by atoms with Gasteiger partial charge in [0.05, 0.1) is 5.56 Å². The van der Waals surface area contributed by atoms with Gasteiger partial charge in [0, 0.05) is 21.8 Å². The van der Waals surface area contributed by atoms with Crippen LogP contribution in [0.4, 0.5) is 0 Å². The van der Waals surface area contributed by atoms with E-state index < -0.39 is 16.8 Å². The van der Waals surface area contributed by atoms with E-state index in [0.29, 0.717) is 11.0 Å². The molecule has 0 radical (unpaired) electrons. The van der Waals surface area contributed by atoms with Crippen molar-refractivity contribution in [2.75, 3.05) is 0 Å². The van der Waals surface area contributed by atoms with Gasteiger partial charge in [-0.15, -0.1) is 0 Å². The second-order valence-electron chi connectivity index (χ2n) is 4.43. The zero-order chi connectivity index (χ0) is 12.3. The minimum atomic E-state index is -0.923. The van der Waals surface area contributed by atoms with Crippen LogP contribution in [0.2, 0.25) is 0 Å². The van der Waals surface area contributed by atoms with E-state index in [-0.39, 0.29) is 5.56 Å². The fourth-order valence-corrected chi connectivity index (χ4v) is 3.79. The van der Waals surface area contributed by atoms with Gasteiger partial charge in [-0.2, -0.15) is 0 Å². The van der Waals surface area contributed by atoms with Crippen LogP contribution in [0.25, 0.3) is 0 Å². The first-order chi connectivity index (χ1) is 8.16. The zero-order valence-corrected chi connectivity index (χ0v) is 10.4. The Balaban J connectivity index is 1.98. The highest BCUT2D eigenvalue weighted by molar-refractivity contribution is 7.84. The molecule has 0 heterocycles. The summed E-state index contributed by atoms with van der Waals surface area (Å²) in [5, 5.41) is 9.11. The smallest absolute Gasteiger partial charge is 0.335 e. The second-order valence-corrected chi connectivity index (χ2v) is 6.15. The summed E-state index contributed by atoms with van der Waals surface area (Å²) < 4.78 is 12.0. The molecule has 1 aliphatic carbocycles. The van der Waals surface area contributed by atoms with E-state index in [9.17, 15) is 9.00 Å². The molecular formula is C13H16O3S. The molecule has 2 rings (SSSR count). The number of carboxylic acids is 1. The molecule has 1 aliphatic rings. The standard InChI is InChI=1S/C13H16O3S/c14-13(15)11-7-5-10(6-8-11)9-17(16)12-3-1-2-4-12/h5-8,12H,1-4,9H2,(H,14,15). The van der Waals surface area contributed by atoms with E-state index in [4.69, 9.17) is 5.11 Å². The van der Waals surface area contributed by atoms with Crippen LogP contribution in [0.15, 0.2) is 24.3 Å². The molecule has 1 aromatic rings. The highest BCUT2D eigenvalue weighted by Crippen LogP contribution is 2.24. The van der Waals surface area contributed by atoms with Crippen molar-refractivity contribution in [2.45, 2.75) is 36.7 Å². The van der Waals surface area contributed by atoms with Crippen molar-refractivity contribution in [2.24, 2.45) is 0 Å². The summed E-state index contributed by atoms with van der Waals surface area (Å²) >= 11 is 0. The number of rotatable bonds is 4. The topological polar surface area (TPSA) is 54.4 Å². The number of aromatic carboxylic acids is 1. The largest absolute Gasteiger partial charge is 0.478 e. The van der Waals surface area contributed by atoms with Gasteiger partial charge in [0.15, 0.2) is 0 Å². The summed E-state index contributed by atoms with van der Waals surface area (Å²) in [6.45, 7) is 0. The Bertz CT molecular complexity index is 419. The Morgan fingerprint density at radius 2 is 1.82 bits per heavy atom. The Kier molecular flexibility index (Phi) is 3.94. The molecule has 92 valence electrons. The molecular weight excluding hydrogens is 236 g/mol. The van der Waals surface area contributed by atoms with Crippen molar-refractivity contribution < 1.29 is 14.1 Å².